The van der Waals surface area contributed by atoms with Crippen LogP contribution in [-0.2, 0) is 0 Å². The van der Waals surface area contributed by atoms with Gasteiger partial charge in [-0.1, -0.05) is 0 Å². The van der Waals surface area contributed by atoms with Crippen molar-refractivity contribution in [3.05, 3.63) is 37.2 Å². The molecule has 0 fully saturated rings. The van der Waals surface area contributed by atoms with Gasteiger partial charge in [0.25, 0.3) is 0 Å². The molecule has 3 rings (SSSR count). The van der Waals surface area contributed by atoms with Crippen molar-refractivity contribution in [2.75, 3.05) is 11.9 Å². The fraction of sp³-hybridized carbons (Fsp3) is 0.167. The summed E-state index contributed by atoms with van der Waals surface area (Å²) in [4.78, 5) is 17.0. The monoisotopic (exact) mass is 272 g/mol. The molecule has 0 bridgehead atoms. The van der Waals surface area contributed by atoms with E-state index in [1.54, 1.807) is 12.4 Å². The molecular weight excluding hydrogens is 260 g/mol. The van der Waals surface area contributed by atoms with Crippen LogP contribution in [0.2, 0.25) is 0 Å². The highest BCUT2D eigenvalue weighted by Crippen LogP contribution is 2.27. The molecule has 0 radical (unpaired) electrons. The maximum absolute atomic E-state index is 4.57. The summed E-state index contributed by atoms with van der Waals surface area (Å²) in [6.45, 7) is 2.86. The lowest BCUT2D eigenvalue weighted by molar-refractivity contribution is 1.00. The van der Waals surface area contributed by atoms with Gasteiger partial charge in [-0.15, -0.1) is 0 Å². The third kappa shape index (κ3) is 2.50. The summed E-state index contributed by atoms with van der Waals surface area (Å²) in [6, 6.07) is 1.85. The predicted octanol–water partition coefficient (Wildman–Crippen LogP) is 2.10. The molecule has 19 heavy (non-hydrogen) atoms. The van der Waals surface area contributed by atoms with E-state index in [0.717, 1.165) is 28.1 Å². The first kappa shape index (κ1) is 11.9. The SMILES string of the molecule is CCNc1cn2ccnc2c(Sc2ccncn2)n1. The number of fused-ring (bicyclic) bond motifs is 1. The zero-order valence-corrected chi connectivity index (χ0v) is 11.1. The Kier molecular flexibility index (Phi) is 3.28. The van der Waals surface area contributed by atoms with Gasteiger partial charge in [-0.05, 0) is 24.8 Å². The zero-order valence-electron chi connectivity index (χ0n) is 10.3. The molecular formula is C12H12N6S. The van der Waals surface area contributed by atoms with Gasteiger partial charge < -0.3 is 9.72 Å². The molecule has 3 heterocycles. The van der Waals surface area contributed by atoms with E-state index in [9.17, 15) is 0 Å². The van der Waals surface area contributed by atoms with E-state index in [0.29, 0.717) is 0 Å². The third-order valence-corrected chi connectivity index (χ3v) is 3.38. The van der Waals surface area contributed by atoms with Gasteiger partial charge in [0, 0.05) is 25.1 Å². The highest BCUT2D eigenvalue weighted by Gasteiger charge is 2.09. The number of aromatic nitrogens is 5. The average molecular weight is 272 g/mol. The number of hydrogen-bond acceptors (Lipinski definition) is 6. The van der Waals surface area contributed by atoms with Gasteiger partial charge in [0.05, 0.1) is 6.20 Å². The number of imidazole rings is 1. The average Bonchev–Trinajstić information content (AvgIpc) is 2.89. The van der Waals surface area contributed by atoms with Gasteiger partial charge in [0.1, 0.15) is 22.2 Å². The topological polar surface area (TPSA) is 68.0 Å². The van der Waals surface area contributed by atoms with Crippen LogP contribution in [0.3, 0.4) is 0 Å². The van der Waals surface area contributed by atoms with Gasteiger partial charge in [-0.25, -0.2) is 19.9 Å². The summed E-state index contributed by atoms with van der Waals surface area (Å²) in [5.74, 6) is 0.824. The molecule has 3 aromatic heterocycles. The summed E-state index contributed by atoms with van der Waals surface area (Å²) >= 11 is 1.48. The van der Waals surface area contributed by atoms with Crippen molar-refractivity contribution in [2.45, 2.75) is 17.0 Å². The van der Waals surface area contributed by atoms with E-state index in [2.05, 4.69) is 25.3 Å². The summed E-state index contributed by atoms with van der Waals surface area (Å²) in [6.07, 6.45) is 8.83. The zero-order chi connectivity index (χ0) is 13.1. The molecule has 7 heteroatoms. The van der Waals surface area contributed by atoms with Crippen LogP contribution >= 0.6 is 11.8 Å². The van der Waals surface area contributed by atoms with E-state index in [1.807, 2.05) is 29.8 Å². The van der Waals surface area contributed by atoms with Crippen LogP contribution < -0.4 is 5.32 Å². The van der Waals surface area contributed by atoms with Crippen LogP contribution in [0.4, 0.5) is 5.82 Å². The van der Waals surface area contributed by atoms with Crippen molar-refractivity contribution in [1.29, 1.82) is 0 Å². The molecule has 0 spiro atoms. The van der Waals surface area contributed by atoms with Crippen molar-refractivity contribution in [2.24, 2.45) is 0 Å². The molecule has 6 nitrogen and oxygen atoms in total. The maximum atomic E-state index is 4.57. The molecule has 1 N–H and O–H groups in total. The van der Waals surface area contributed by atoms with Gasteiger partial charge in [0.2, 0.25) is 0 Å². The van der Waals surface area contributed by atoms with Gasteiger partial charge in [0.15, 0.2) is 5.65 Å². The molecule has 0 unspecified atom stereocenters. The lowest BCUT2D eigenvalue weighted by atomic mass is 10.6. The predicted molar refractivity (Wildman–Crippen MR) is 73.3 cm³/mol. The fourth-order valence-electron chi connectivity index (χ4n) is 1.68. The molecule has 96 valence electrons. The fourth-order valence-corrected chi connectivity index (χ4v) is 2.50. The molecule has 0 aliphatic rings. The number of hydrogen-bond donors (Lipinski definition) is 1. The molecule has 0 saturated carbocycles. The lowest BCUT2D eigenvalue weighted by Crippen LogP contribution is -2.02. The molecule has 0 saturated heterocycles. The highest BCUT2D eigenvalue weighted by molar-refractivity contribution is 7.99. The normalized spacial score (nSPS) is 10.8. The molecule has 0 aromatic carbocycles. The van der Waals surface area contributed by atoms with E-state index < -0.39 is 0 Å². The Morgan fingerprint density at radius 3 is 3.05 bits per heavy atom. The third-order valence-electron chi connectivity index (χ3n) is 2.46. The van der Waals surface area contributed by atoms with Crippen molar-refractivity contribution in [3.63, 3.8) is 0 Å². The lowest BCUT2D eigenvalue weighted by Gasteiger charge is -2.07. The molecule has 0 atom stereocenters. The Labute approximate surface area is 114 Å². The molecule has 0 amide bonds. The number of anilines is 1. The Morgan fingerprint density at radius 2 is 2.26 bits per heavy atom. The number of nitrogens with zero attached hydrogens (tertiary/aromatic N) is 5. The highest BCUT2D eigenvalue weighted by atomic mass is 32.2. The largest absolute Gasteiger partial charge is 0.369 e. The van der Waals surface area contributed by atoms with E-state index >= 15 is 0 Å². The van der Waals surface area contributed by atoms with E-state index in [-0.39, 0.29) is 0 Å². The molecule has 3 aromatic rings. The second-order valence-electron chi connectivity index (χ2n) is 3.77. The Balaban J connectivity index is 2.03. The minimum Gasteiger partial charge on any atom is -0.369 e. The van der Waals surface area contributed by atoms with Crippen LogP contribution in [0.25, 0.3) is 5.65 Å². The van der Waals surface area contributed by atoms with E-state index in [1.165, 1.54) is 18.1 Å². The standard InChI is InChI=1S/C12H12N6S/c1-2-14-9-7-18-6-5-15-11(18)12(17-9)19-10-3-4-13-8-16-10/h3-8,14H,2H2,1H3. The van der Waals surface area contributed by atoms with Crippen LogP contribution in [-0.4, -0.2) is 30.9 Å². The molecule has 0 aliphatic carbocycles. The Hall–Kier alpha value is -2.15. The maximum Gasteiger partial charge on any atom is 0.170 e. The number of rotatable bonds is 4. The van der Waals surface area contributed by atoms with Crippen LogP contribution in [0, 0.1) is 0 Å². The molecule has 0 aliphatic heterocycles. The van der Waals surface area contributed by atoms with E-state index in [4.69, 9.17) is 0 Å². The smallest absolute Gasteiger partial charge is 0.170 e. The van der Waals surface area contributed by atoms with Gasteiger partial charge in [-0.2, -0.15) is 0 Å². The number of nitrogens with one attached hydrogen (secondary N) is 1. The first-order valence-corrected chi connectivity index (χ1v) is 6.70. The van der Waals surface area contributed by atoms with Gasteiger partial charge in [-0.3, -0.25) is 0 Å². The summed E-state index contributed by atoms with van der Waals surface area (Å²) in [5.41, 5.74) is 0.824. The minimum atomic E-state index is 0.821. The second-order valence-corrected chi connectivity index (χ2v) is 4.78. The first-order chi connectivity index (χ1) is 9.36. The Bertz CT molecular complexity index is 681. The van der Waals surface area contributed by atoms with Crippen molar-refractivity contribution >= 4 is 23.2 Å². The van der Waals surface area contributed by atoms with Gasteiger partial charge >= 0.3 is 0 Å². The summed E-state index contributed by atoms with van der Waals surface area (Å²) in [7, 11) is 0. The van der Waals surface area contributed by atoms with Crippen molar-refractivity contribution < 1.29 is 0 Å². The quantitative estimate of drug-likeness (QED) is 0.734. The summed E-state index contributed by atoms with van der Waals surface area (Å²) < 4.78 is 1.95. The second kappa shape index (κ2) is 5.23. The van der Waals surface area contributed by atoms with Crippen LogP contribution in [0.1, 0.15) is 6.92 Å². The van der Waals surface area contributed by atoms with Crippen LogP contribution in [0.15, 0.2) is 47.2 Å². The van der Waals surface area contributed by atoms with Crippen molar-refractivity contribution in [3.8, 4) is 0 Å². The van der Waals surface area contributed by atoms with Crippen LogP contribution in [0.5, 0.6) is 0 Å². The van der Waals surface area contributed by atoms with Crippen molar-refractivity contribution in [1.82, 2.24) is 24.3 Å². The summed E-state index contributed by atoms with van der Waals surface area (Å²) in [5, 5.41) is 4.88. The first-order valence-electron chi connectivity index (χ1n) is 5.88. The Morgan fingerprint density at radius 1 is 1.32 bits per heavy atom. The minimum absolute atomic E-state index is 0.821.